The quantitative estimate of drug-likeness (QED) is 0.458. The van der Waals surface area contributed by atoms with Gasteiger partial charge in [-0.05, 0) is 24.8 Å². The van der Waals surface area contributed by atoms with Crippen LogP contribution in [0, 0.1) is 23.0 Å². The molecule has 0 aromatic heterocycles. The lowest BCUT2D eigenvalue weighted by Crippen LogP contribution is -2.25. The topological polar surface area (TPSA) is 55.2 Å². The van der Waals surface area contributed by atoms with Gasteiger partial charge in [0.25, 0.3) is 5.69 Å². The minimum atomic E-state index is -0.269. The van der Waals surface area contributed by atoms with E-state index in [0.717, 1.165) is 29.8 Å². The third kappa shape index (κ3) is 1.44. The van der Waals surface area contributed by atoms with Crippen molar-refractivity contribution < 1.29 is 4.92 Å². The summed E-state index contributed by atoms with van der Waals surface area (Å²) in [5, 5.41) is 14.5. The molecule has 1 aliphatic carbocycles. The number of benzene rings is 1. The van der Waals surface area contributed by atoms with Crippen molar-refractivity contribution in [2.75, 3.05) is 11.9 Å². The minimum absolute atomic E-state index is 0.214. The molecule has 0 spiro atoms. The molecule has 0 saturated heterocycles. The highest BCUT2D eigenvalue weighted by atomic mass is 16.6. The lowest BCUT2D eigenvalue weighted by Gasteiger charge is -2.30. The number of hydrogen-bond donors (Lipinski definition) is 1. The Morgan fingerprint density at radius 3 is 3.06 bits per heavy atom. The van der Waals surface area contributed by atoms with E-state index in [9.17, 15) is 10.1 Å². The van der Waals surface area contributed by atoms with Gasteiger partial charge in [-0.1, -0.05) is 18.2 Å². The monoisotopic (exact) mass is 230 g/mol. The molecule has 1 N–H and O–H groups in total. The van der Waals surface area contributed by atoms with Gasteiger partial charge in [-0.15, -0.1) is 0 Å². The molecule has 1 aromatic rings. The molecule has 4 heteroatoms. The first kappa shape index (κ1) is 10.3. The Balaban J connectivity index is 2.23. The van der Waals surface area contributed by atoms with E-state index in [1.165, 1.54) is 0 Å². The first-order chi connectivity index (χ1) is 8.18. The van der Waals surface area contributed by atoms with Crippen LogP contribution in [0.3, 0.4) is 0 Å². The van der Waals surface area contributed by atoms with E-state index < -0.39 is 0 Å². The first-order valence-corrected chi connectivity index (χ1v) is 5.87. The molecular formula is C13H14N2O2. The fourth-order valence-electron chi connectivity index (χ4n) is 2.93. The zero-order valence-electron chi connectivity index (χ0n) is 9.64. The van der Waals surface area contributed by atoms with Gasteiger partial charge >= 0.3 is 0 Å². The Morgan fingerprint density at radius 2 is 2.29 bits per heavy atom. The normalized spacial score (nSPS) is 25.0. The van der Waals surface area contributed by atoms with Gasteiger partial charge in [0.05, 0.1) is 10.5 Å². The van der Waals surface area contributed by atoms with Crippen molar-refractivity contribution in [3.8, 4) is 0 Å². The Labute approximate surface area is 99.5 Å². The number of fused-ring (bicyclic) bond motifs is 3. The molecule has 0 fully saturated rings. The summed E-state index contributed by atoms with van der Waals surface area (Å²) < 4.78 is 0. The molecule has 0 saturated carbocycles. The van der Waals surface area contributed by atoms with E-state index in [1.807, 2.05) is 13.0 Å². The fraction of sp³-hybridized carbons (Fsp3) is 0.385. The van der Waals surface area contributed by atoms with Crippen molar-refractivity contribution in [3.63, 3.8) is 0 Å². The van der Waals surface area contributed by atoms with Crippen LogP contribution in [0.4, 0.5) is 11.4 Å². The van der Waals surface area contributed by atoms with Gasteiger partial charge in [0, 0.05) is 24.2 Å². The van der Waals surface area contributed by atoms with Crippen LogP contribution in [-0.4, -0.2) is 11.5 Å². The zero-order valence-corrected chi connectivity index (χ0v) is 9.64. The number of allylic oxidation sites excluding steroid dienone is 2. The van der Waals surface area contributed by atoms with Gasteiger partial charge in [0.15, 0.2) is 0 Å². The van der Waals surface area contributed by atoms with Gasteiger partial charge in [-0.3, -0.25) is 10.1 Å². The highest BCUT2D eigenvalue weighted by Crippen LogP contribution is 2.46. The number of anilines is 1. The second-order valence-corrected chi connectivity index (χ2v) is 4.78. The number of nitrogens with one attached hydrogen (secondary N) is 1. The number of hydrogen-bond acceptors (Lipinski definition) is 3. The molecule has 1 aromatic carbocycles. The van der Waals surface area contributed by atoms with Crippen molar-refractivity contribution in [1.29, 1.82) is 0 Å². The van der Waals surface area contributed by atoms with Crippen molar-refractivity contribution >= 4 is 11.4 Å². The number of nitrogens with zero attached hydrogens (tertiary/aromatic N) is 1. The van der Waals surface area contributed by atoms with Crippen LogP contribution in [0.15, 0.2) is 24.3 Å². The van der Waals surface area contributed by atoms with E-state index in [-0.39, 0.29) is 16.5 Å². The minimum Gasteiger partial charge on any atom is -0.384 e. The van der Waals surface area contributed by atoms with Crippen LogP contribution in [0.1, 0.15) is 23.5 Å². The lowest BCUT2D eigenvalue weighted by atomic mass is 9.82. The molecule has 2 aliphatic rings. The third-order valence-corrected chi connectivity index (χ3v) is 3.79. The molecule has 0 amide bonds. The summed E-state index contributed by atoms with van der Waals surface area (Å²) in [6.07, 6.45) is 5.27. The number of aryl methyl sites for hydroxylation is 1. The molecule has 3 rings (SSSR count). The predicted octanol–water partition coefficient (Wildman–Crippen LogP) is 2.99. The highest BCUT2D eigenvalue weighted by molar-refractivity contribution is 5.69. The van der Waals surface area contributed by atoms with E-state index in [4.69, 9.17) is 0 Å². The Kier molecular flexibility index (Phi) is 2.18. The largest absolute Gasteiger partial charge is 0.384 e. The third-order valence-electron chi connectivity index (χ3n) is 3.79. The summed E-state index contributed by atoms with van der Waals surface area (Å²) in [6.45, 7) is 2.90. The molecule has 1 heterocycles. The van der Waals surface area contributed by atoms with Crippen molar-refractivity contribution in [2.24, 2.45) is 5.92 Å². The van der Waals surface area contributed by atoms with Crippen LogP contribution in [0.25, 0.3) is 0 Å². The maximum atomic E-state index is 11.1. The fourth-order valence-corrected chi connectivity index (χ4v) is 2.93. The summed E-state index contributed by atoms with van der Waals surface area (Å²) >= 11 is 0. The molecule has 0 bridgehead atoms. The number of nitro groups is 1. The first-order valence-electron chi connectivity index (χ1n) is 5.87. The van der Waals surface area contributed by atoms with Crippen molar-refractivity contribution in [1.82, 2.24) is 0 Å². The van der Waals surface area contributed by atoms with E-state index >= 15 is 0 Å². The van der Waals surface area contributed by atoms with Gasteiger partial charge < -0.3 is 5.32 Å². The average Bonchev–Trinajstić information content (AvgIpc) is 2.77. The molecule has 1 aliphatic heterocycles. The van der Waals surface area contributed by atoms with E-state index in [0.29, 0.717) is 5.92 Å². The highest BCUT2D eigenvalue weighted by Gasteiger charge is 2.36. The molecule has 0 radical (unpaired) electrons. The molecule has 0 unspecified atom stereocenters. The summed E-state index contributed by atoms with van der Waals surface area (Å²) in [7, 11) is 0. The Hall–Kier alpha value is -1.84. The molecular weight excluding hydrogens is 216 g/mol. The van der Waals surface area contributed by atoms with Gasteiger partial charge in [0.1, 0.15) is 0 Å². The summed E-state index contributed by atoms with van der Waals surface area (Å²) in [6, 6.07) is 3.45. The van der Waals surface area contributed by atoms with Crippen LogP contribution < -0.4 is 5.32 Å². The second kappa shape index (κ2) is 3.58. The predicted molar refractivity (Wildman–Crippen MR) is 66.3 cm³/mol. The Morgan fingerprint density at radius 1 is 1.47 bits per heavy atom. The SMILES string of the molecule is Cc1ccc([N+](=O)[O-])c2c1NC[C@H]1CC=C[C@H]21. The molecule has 2 atom stereocenters. The standard InChI is InChI=1S/C13H14N2O2/c1-8-5-6-11(15(16)17)12-10-4-2-3-9(10)7-14-13(8)12/h2,4-6,9-10,14H,3,7H2,1H3/t9-,10+/m1/s1. The van der Waals surface area contributed by atoms with Crippen LogP contribution in [0.2, 0.25) is 0 Å². The van der Waals surface area contributed by atoms with Crippen LogP contribution >= 0.6 is 0 Å². The number of nitro benzene ring substituents is 1. The summed E-state index contributed by atoms with van der Waals surface area (Å²) in [5.41, 5.74) is 3.18. The maximum absolute atomic E-state index is 11.1. The van der Waals surface area contributed by atoms with Gasteiger partial charge in [-0.2, -0.15) is 0 Å². The lowest BCUT2D eigenvalue weighted by molar-refractivity contribution is -0.385. The summed E-state index contributed by atoms with van der Waals surface area (Å²) in [4.78, 5) is 10.9. The van der Waals surface area contributed by atoms with E-state index in [1.54, 1.807) is 6.07 Å². The Bertz CT molecular complexity index is 522. The number of rotatable bonds is 1. The van der Waals surface area contributed by atoms with Crippen molar-refractivity contribution in [3.05, 3.63) is 45.5 Å². The molecule has 88 valence electrons. The zero-order chi connectivity index (χ0) is 12.0. The smallest absolute Gasteiger partial charge is 0.275 e. The van der Waals surface area contributed by atoms with Gasteiger partial charge in [-0.25, -0.2) is 0 Å². The average molecular weight is 230 g/mol. The summed E-state index contributed by atoms with van der Waals surface area (Å²) in [5.74, 6) is 0.689. The van der Waals surface area contributed by atoms with E-state index in [2.05, 4.69) is 17.5 Å². The second-order valence-electron chi connectivity index (χ2n) is 4.78. The maximum Gasteiger partial charge on any atom is 0.275 e. The van der Waals surface area contributed by atoms with Crippen molar-refractivity contribution in [2.45, 2.75) is 19.3 Å². The van der Waals surface area contributed by atoms with Gasteiger partial charge in [0.2, 0.25) is 0 Å². The molecule has 17 heavy (non-hydrogen) atoms. The van der Waals surface area contributed by atoms with Crippen LogP contribution in [-0.2, 0) is 0 Å². The van der Waals surface area contributed by atoms with Crippen LogP contribution in [0.5, 0.6) is 0 Å². The molecule has 4 nitrogen and oxygen atoms in total.